The van der Waals surface area contributed by atoms with Gasteiger partial charge < -0.3 is 4.90 Å². The van der Waals surface area contributed by atoms with Crippen molar-refractivity contribution in [3.63, 3.8) is 0 Å². The van der Waals surface area contributed by atoms with Crippen molar-refractivity contribution in [3.05, 3.63) is 0 Å². The van der Waals surface area contributed by atoms with E-state index in [1.54, 1.807) is 6.34 Å². The molecule has 0 amide bonds. The fraction of sp³-hybridized carbons (Fsp3) is 0.778. The molecule has 1 fully saturated rings. The van der Waals surface area contributed by atoms with Gasteiger partial charge in [0.1, 0.15) is 6.34 Å². The zero-order valence-corrected chi connectivity index (χ0v) is 7.90. The molecule has 0 N–H and O–H groups in total. The van der Waals surface area contributed by atoms with Crippen molar-refractivity contribution in [2.75, 3.05) is 13.6 Å². The van der Waals surface area contributed by atoms with E-state index in [-0.39, 0.29) is 0 Å². The minimum Gasteiger partial charge on any atom is -0.364 e. The standard InChI is InChI=1S/C9H17N3/c1-8-4-9(5-8)6-12(3)7-11-10-2/h7-9H,2,4-6H2,1,3H3/b11-7-. The fourth-order valence-corrected chi connectivity index (χ4v) is 1.80. The van der Waals surface area contributed by atoms with Gasteiger partial charge in [0, 0.05) is 20.3 Å². The van der Waals surface area contributed by atoms with E-state index in [0.717, 1.165) is 18.4 Å². The van der Waals surface area contributed by atoms with Crippen molar-refractivity contribution in [2.24, 2.45) is 22.0 Å². The zero-order valence-electron chi connectivity index (χ0n) is 7.90. The van der Waals surface area contributed by atoms with E-state index in [1.165, 1.54) is 12.8 Å². The van der Waals surface area contributed by atoms with Crippen LogP contribution in [-0.2, 0) is 0 Å². The molecular weight excluding hydrogens is 150 g/mol. The first-order chi connectivity index (χ1) is 5.72. The first-order valence-corrected chi connectivity index (χ1v) is 4.41. The van der Waals surface area contributed by atoms with Crippen molar-refractivity contribution in [1.29, 1.82) is 0 Å². The second-order valence-electron chi connectivity index (χ2n) is 3.75. The van der Waals surface area contributed by atoms with Crippen LogP contribution in [0, 0.1) is 11.8 Å². The largest absolute Gasteiger partial charge is 0.364 e. The van der Waals surface area contributed by atoms with Crippen molar-refractivity contribution < 1.29 is 0 Å². The second kappa shape index (κ2) is 4.24. The molecule has 0 radical (unpaired) electrons. The summed E-state index contributed by atoms with van der Waals surface area (Å²) in [6.45, 7) is 6.69. The summed E-state index contributed by atoms with van der Waals surface area (Å²) in [5.74, 6) is 1.79. The maximum Gasteiger partial charge on any atom is 0.113 e. The Balaban J connectivity index is 2.14. The maximum absolute atomic E-state index is 3.72. The van der Waals surface area contributed by atoms with Gasteiger partial charge >= 0.3 is 0 Å². The van der Waals surface area contributed by atoms with Gasteiger partial charge in [-0.05, 0) is 24.7 Å². The van der Waals surface area contributed by atoms with Crippen LogP contribution in [0.4, 0.5) is 0 Å². The minimum atomic E-state index is 0.862. The topological polar surface area (TPSA) is 28.0 Å². The average Bonchev–Trinajstić information content (AvgIpc) is 1.98. The van der Waals surface area contributed by atoms with Crippen molar-refractivity contribution in [1.82, 2.24) is 4.90 Å². The van der Waals surface area contributed by atoms with Crippen LogP contribution in [0.2, 0.25) is 0 Å². The molecule has 0 aromatic heterocycles. The van der Waals surface area contributed by atoms with Crippen molar-refractivity contribution in [3.8, 4) is 0 Å². The number of nitrogens with zero attached hydrogens (tertiary/aromatic N) is 3. The maximum atomic E-state index is 3.72. The Labute approximate surface area is 74.2 Å². The fourth-order valence-electron chi connectivity index (χ4n) is 1.80. The van der Waals surface area contributed by atoms with Crippen LogP contribution in [0.5, 0.6) is 0 Å². The predicted octanol–water partition coefficient (Wildman–Crippen LogP) is 1.61. The smallest absolute Gasteiger partial charge is 0.113 e. The monoisotopic (exact) mass is 167 g/mol. The molecule has 0 atom stereocenters. The molecule has 1 rings (SSSR count). The molecule has 1 saturated carbocycles. The van der Waals surface area contributed by atoms with E-state index in [0.29, 0.717) is 0 Å². The van der Waals surface area contributed by atoms with Crippen LogP contribution in [0.25, 0.3) is 0 Å². The molecule has 0 aromatic carbocycles. The lowest BCUT2D eigenvalue weighted by atomic mass is 9.76. The highest BCUT2D eigenvalue weighted by molar-refractivity contribution is 5.54. The first kappa shape index (κ1) is 9.23. The Bertz CT molecular complexity index is 171. The van der Waals surface area contributed by atoms with E-state index in [1.807, 2.05) is 7.05 Å². The molecule has 68 valence electrons. The van der Waals surface area contributed by atoms with Gasteiger partial charge in [0.05, 0.1) is 0 Å². The minimum absolute atomic E-state index is 0.862. The van der Waals surface area contributed by atoms with Gasteiger partial charge in [0.15, 0.2) is 0 Å². The zero-order chi connectivity index (χ0) is 8.97. The van der Waals surface area contributed by atoms with Crippen LogP contribution >= 0.6 is 0 Å². The summed E-state index contributed by atoms with van der Waals surface area (Å²) in [6, 6.07) is 0. The van der Waals surface area contributed by atoms with Gasteiger partial charge in [-0.2, -0.15) is 5.10 Å². The number of hydrogen-bond donors (Lipinski definition) is 0. The molecular formula is C9H17N3. The summed E-state index contributed by atoms with van der Waals surface area (Å²) in [5.41, 5.74) is 0. The van der Waals surface area contributed by atoms with Gasteiger partial charge in [-0.3, -0.25) is 0 Å². The Morgan fingerprint density at radius 3 is 2.75 bits per heavy atom. The van der Waals surface area contributed by atoms with E-state index >= 15 is 0 Å². The molecule has 3 heteroatoms. The Morgan fingerprint density at radius 2 is 2.25 bits per heavy atom. The average molecular weight is 167 g/mol. The molecule has 3 nitrogen and oxygen atoms in total. The van der Waals surface area contributed by atoms with Gasteiger partial charge in [-0.15, -0.1) is 5.10 Å². The van der Waals surface area contributed by atoms with Crippen molar-refractivity contribution >= 4 is 13.1 Å². The van der Waals surface area contributed by atoms with Crippen LogP contribution < -0.4 is 0 Å². The van der Waals surface area contributed by atoms with Crippen LogP contribution in [0.3, 0.4) is 0 Å². The third-order valence-electron chi connectivity index (χ3n) is 2.35. The highest BCUT2D eigenvalue weighted by Gasteiger charge is 2.25. The lowest BCUT2D eigenvalue weighted by Crippen LogP contribution is -2.32. The molecule has 0 aliphatic heterocycles. The van der Waals surface area contributed by atoms with E-state index in [9.17, 15) is 0 Å². The summed E-state index contributed by atoms with van der Waals surface area (Å²) >= 11 is 0. The number of rotatable bonds is 4. The van der Waals surface area contributed by atoms with Gasteiger partial charge in [0.25, 0.3) is 0 Å². The van der Waals surface area contributed by atoms with E-state index < -0.39 is 0 Å². The summed E-state index contributed by atoms with van der Waals surface area (Å²) in [5, 5.41) is 7.14. The number of hydrogen-bond acceptors (Lipinski definition) is 2. The molecule has 1 aliphatic carbocycles. The van der Waals surface area contributed by atoms with Crippen molar-refractivity contribution in [2.45, 2.75) is 19.8 Å². The Kier molecular flexibility index (Phi) is 3.26. The molecule has 1 aliphatic rings. The Hall–Kier alpha value is -0.860. The van der Waals surface area contributed by atoms with Gasteiger partial charge in [-0.25, -0.2) is 0 Å². The molecule has 0 bridgehead atoms. The molecule has 0 unspecified atom stereocenters. The van der Waals surface area contributed by atoms with E-state index in [4.69, 9.17) is 0 Å². The van der Waals surface area contributed by atoms with Gasteiger partial charge in [0.2, 0.25) is 0 Å². The van der Waals surface area contributed by atoms with Gasteiger partial charge in [-0.1, -0.05) is 6.92 Å². The third-order valence-corrected chi connectivity index (χ3v) is 2.35. The Morgan fingerprint density at radius 1 is 1.58 bits per heavy atom. The molecule has 0 spiro atoms. The molecule has 12 heavy (non-hydrogen) atoms. The first-order valence-electron chi connectivity index (χ1n) is 4.41. The third kappa shape index (κ3) is 2.64. The lowest BCUT2D eigenvalue weighted by Gasteiger charge is -2.34. The highest BCUT2D eigenvalue weighted by Crippen LogP contribution is 2.32. The van der Waals surface area contributed by atoms with Crippen LogP contribution in [0.1, 0.15) is 19.8 Å². The summed E-state index contributed by atoms with van der Waals surface area (Å²) in [6.07, 6.45) is 4.45. The molecule has 0 aromatic rings. The van der Waals surface area contributed by atoms with Crippen LogP contribution in [-0.4, -0.2) is 31.5 Å². The van der Waals surface area contributed by atoms with E-state index in [2.05, 4.69) is 28.7 Å². The molecule has 0 saturated heterocycles. The highest BCUT2D eigenvalue weighted by atomic mass is 15.3. The quantitative estimate of drug-likeness (QED) is 0.355. The SMILES string of the molecule is C=N/N=C\N(C)CC1CC(C)C1. The predicted molar refractivity (Wildman–Crippen MR) is 52.6 cm³/mol. The normalized spacial score (nSPS) is 28.5. The molecule has 0 heterocycles. The lowest BCUT2D eigenvalue weighted by molar-refractivity contribution is 0.182. The summed E-state index contributed by atoms with van der Waals surface area (Å²) in [4.78, 5) is 2.07. The summed E-state index contributed by atoms with van der Waals surface area (Å²) in [7, 11) is 2.03. The second-order valence-corrected chi connectivity index (χ2v) is 3.75. The summed E-state index contributed by atoms with van der Waals surface area (Å²) < 4.78 is 0. The van der Waals surface area contributed by atoms with Crippen LogP contribution in [0.15, 0.2) is 10.2 Å².